The number of nitrogens with one attached hydrogen (secondary N) is 2. The Morgan fingerprint density at radius 1 is 1.42 bits per heavy atom. The number of carbonyl (C=O) groups is 1. The van der Waals surface area contributed by atoms with E-state index in [4.69, 9.17) is 0 Å². The first-order valence-corrected chi connectivity index (χ1v) is 7.48. The van der Waals surface area contributed by atoms with Crippen LogP contribution in [0.2, 0.25) is 0 Å². The fraction of sp³-hybridized carbons (Fsp3) is 0.286. The van der Waals surface area contributed by atoms with Gasteiger partial charge in [0.05, 0.1) is 6.04 Å². The monoisotopic (exact) mass is 275 g/mol. The third-order valence-electron chi connectivity index (χ3n) is 2.80. The Morgan fingerprint density at radius 2 is 2.16 bits per heavy atom. The average Bonchev–Trinajstić information content (AvgIpc) is 2.94. The summed E-state index contributed by atoms with van der Waals surface area (Å²) < 4.78 is 0. The van der Waals surface area contributed by atoms with Crippen molar-refractivity contribution in [1.82, 2.24) is 15.3 Å². The first kappa shape index (κ1) is 13.7. The molecule has 2 N–H and O–H groups in total. The highest BCUT2D eigenvalue weighted by molar-refractivity contribution is 7.97. The molecule has 2 rings (SSSR count). The van der Waals surface area contributed by atoms with Crippen LogP contribution in [0, 0.1) is 0 Å². The normalized spacial score (nSPS) is 12.1. The number of thioether (sulfide) groups is 1. The first-order valence-electron chi connectivity index (χ1n) is 6.08. The highest BCUT2D eigenvalue weighted by atomic mass is 32.2. The van der Waals surface area contributed by atoms with E-state index < -0.39 is 0 Å². The highest BCUT2D eigenvalue weighted by Gasteiger charge is 2.12. The molecule has 19 heavy (non-hydrogen) atoms. The Labute approximate surface area is 117 Å². The number of nitrogens with zero attached hydrogens (tertiary/aromatic N) is 1. The number of H-pyrrole nitrogens is 1. The van der Waals surface area contributed by atoms with Gasteiger partial charge in [-0.1, -0.05) is 12.1 Å². The Bertz CT molecular complexity index is 522. The predicted octanol–water partition coefficient (Wildman–Crippen LogP) is 2.76. The van der Waals surface area contributed by atoms with E-state index in [2.05, 4.69) is 21.5 Å². The molecule has 1 heterocycles. The fourth-order valence-electron chi connectivity index (χ4n) is 1.78. The van der Waals surface area contributed by atoms with Crippen molar-refractivity contribution >= 4 is 17.7 Å². The molecule has 0 bridgehead atoms. The van der Waals surface area contributed by atoms with Crippen LogP contribution in [0.5, 0.6) is 0 Å². The SMILES string of the molecule is CSCc1ccc(C(=O)NC(C)c2ncc[nH]2)cc1. The lowest BCUT2D eigenvalue weighted by Crippen LogP contribution is -2.27. The molecule has 0 saturated carbocycles. The number of rotatable bonds is 5. The van der Waals surface area contributed by atoms with Gasteiger partial charge in [0.25, 0.3) is 5.91 Å². The number of aromatic nitrogens is 2. The lowest BCUT2D eigenvalue weighted by atomic mass is 10.1. The van der Waals surface area contributed by atoms with E-state index in [0.717, 1.165) is 11.6 Å². The number of carbonyl (C=O) groups excluding carboxylic acids is 1. The molecule has 0 aliphatic carbocycles. The molecule has 0 spiro atoms. The van der Waals surface area contributed by atoms with Gasteiger partial charge in [-0.15, -0.1) is 0 Å². The minimum atomic E-state index is -0.131. The molecule has 1 atom stereocenters. The summed E-state index contributed by atoms with van der Waals surface area (Å²) in [5.41, 5.74) is 1.89. The van der Waals surface area contributed by atoms with E-state index >= 15 is 0 Å². The van der Waals surface area contributed by atoms with E-state index in [1.54, 1.807) is 24.2 Å². The van der Waals surface area contributed by atoms with E-state index in [-0.39, 0.29) is 11.9 Å². The fourth-order valence-corrected chi connectivity index (χ4v) is 2.31. The largest absolute Gasteiger partial charge is 0.347 e. The summed E-state index contributed by atoms with van der Waals surface area (Å²) in [6, 6.07) is 7.56. The van der Waals surface area contributed by atoms with Crippen molar-refractivity contribution in [3.05, 3.63) is 53.6 Å². The van der Waals surface area contributed by atoms with Crippen LogP contribution in [0.4, 0.5) is 0 Å². The van der Waals surface area contributed by atoms with Crippen LogP contribution in [0.3, 0.4) is 0 Å². The number of amides is 1. The molecule has 100 valence electrons. The Morgan fingerprint density at radius 3 is 2.74 bits per heavy atom. The van der Waals surface area contributed by atoms with Gasteiger partial charge in [0.15, 0.2) is 0 Å². The van der Waals surface area contributed by atoms with Crippen LogP contribution in [0.15, 0.2) is 36.7 Å². The smallest absolute Gasteiger partial charge is 0.251 e. The van der Waals surface area contributed by atoms with Crippen LogP contribution in [-0.4, -0.2) is 22.1 Å². The van der Waals surface area contributed by atoms with Crippen LogP contribution < -0.4 is 5.32 Å². The van der Waals surface area contributed by atoms with Crippen LogP contribution in [0.25, 0.3) is 0 Å². The van der Waals surface area contributed by atoms with Gasteiger partial charge in [0, 0.05) is 23.7 Å². The number of benzene rings is 1. The molecule has 0 aliphatic rings. The quantitative estimate of drug-likeness (QED) is 0.882. The summed E-state index contributed by atoms with van der Waals surface area (Å²) >= 11 is 1.76. The second kappa shape index (κ2) is 6.43. The van der Waals surface area contributed by atoms with Gasteiger partial charge in [-0.25, -0.2) is 4.98 Å². The molecule has 1 unspecified atom stereocenters. The minimum Gasteiger partial charge on any atom is -0.347 e. The zero-order valence-corrected chi connectivity index (χ0v) is 11.8. The van der Waals surface area contributed by atoms with Crippen molar-refractivity contribution in [2.24, 2.45) is 0 Å². The number of aromatic amines is 1. The molecular weight excluding hydrogens is 258 g/mol. The number of hydrogen-bond donors (Lipinski definition) is 2. The van der Waals surface area contributed by atoms with E-state index in [1.165, 1.54) is 5.56 Å². The molecule has 2 aromatic rings. The van der Waals surface area contributed by atoms with E-state index in [1.807, 2.05) is 31.2 Å². The minimum absolute atomic E-state index is 0.0837. The Balaban J connectivity index is 1.99. The van der Waals surface area contributed by atoms with Gasteiger partial charge < -0.3 is 10.3 Å². The predicted molar refractivity (Wildman–Crippen MR) is 78.1 cm³/mol. The van der Waals surface area contributed by atoms with Gasteiger partial charge in [-0.05, 0) is 30.9 Å². The maximum absolute atomic E-state index is 12.1. The second-order valence-corrected chi connectivity index (χ2v) is 5.17. The molecule has 4 nitrogen and oxygen atoms in total. The van der Waals surface area contributed by atoms with Gasteiger partial charge in [-0.2, -0.15) is 11.8 Å². The van der Waals surface area contributed by atoms with Crippen molar-refractivity contribution < 1.29 is 4.79 Å². The summed E-state index contributed by atoms with van der Waals surface area (Å²) in [5.74, 6) is 1.64. The van der Waals surface area contributed by atoms with Crippen molar-refractivity contribution in [2.45, 2.75) is 18.7 Å². The molecule has 0 saturated heterocycles. The third-order valence-corrected chi connectivity index (χ3v) is 3.43. The summed E-state index contributed by atoms with van der Waals surface area (Å²) in [5, 5.41) is 2.91. The van der Waals surface area contributed by atoms with Crippen molar-refractivity contribution in [3.8, 4) is 0 Å². The highest BCUT2D eigenvalue weighted by Crippen LogP contribution is 2.12. The average molecular weight is 275 g/mol. The molecule has 1 aromatic heterocycles. The summed E-state index contributed by atoms with van der Waals surface area (Å²) in [6.45, 7) is 1.90. The molecular formula is C14H17N3OS. The lowest BCUT2D eigenvalue weighted by molar-refractivity contribution is 0.0938. The maximum Gasteiger partial charge on any atom is 0.251 e. The van der Waals surface area contributed by atoms with Gasteiger partial charge in [0.1, 0.15) is 5.82 Å². The van der Waals surface area contributed by atoms with Crippen molar-refractivity contribution in [3.63, 3.8) is 0 Å². The maximum atomic E-state index is 12.1. The summed E-state index contributed by atoms with van der Waals surface area (Å²) in [7, 11) is 0. The van der Waals surface area contributed by atoms with Gasteiger partial charge >= 0.3 is 0 Å². The zero-order chi connectivity index (χ0) is 13.7. The second-order valence-electron chi connectivity index (χ2n) is 4.30. The number of hydrogen-bond acceptors (Lipinski definition) is 3. The Kier molecular flexibility index (Phi) is 4.63. The molecule has 5 heteroatoms. The molecule has 1 aromatic carbocycles. The first-order chi connectivity index (χ1) is 9.20. The standard InChI is InChI=1S/C14H17N3OS/c1-10(13-15-7-8-16-13)17-14(18)12-5-3-11(4-6-12)9-19-2/h3-8,10H,9H2,1-2H3,(H,15,16)(H,17,18). The third kappa shape index (κ3) is 3.61. The van der Waals surface area contributed by atoms with Crippen LogP contribution >= 0.6 is 11.8 Å². The van der Waals surface area contributed by atoms with E-state index in [9.17, 15) is 4.79 Å². The topological polar surface area (TPSA) is 57.8 Å². The number of imidazole rings is 1. The van der Waals surface area contributed by atoms with Crippen molar-refractivity contribution in [2.75, 3.05) is 6.26 Å². The molecule has 0 radical (unpaired) electrons. The zero-order valence-electron chi connectivity index (χ0n) is 11.0. The van der Waals surface area contributed by atoms with Crippen LogP contribution in [0.1, 0.15) is 34.7 Å². The molecule has 0 fully saturated rings. The van der Waals surface area contributed by atoms with E-state index in [0.29, 0.717) is 5.56 Å². The summed E-state index contributed by atoms with van der Waals surface area (Å²) in [4.78, 5) is 19.2. The molecule has 1 amide bonds. The molecule has 0 aliphatic heterocycles. The lowest BCUT2D eigenvalue weighted by Gasteiger charge is -2.11. The van der Waals surface area contributed by atoms with Gasteiger partial charge in [0.2, 0.25) is 0 Å². The van der Waals surface area contributed by atoms with Crippen LogP contribution in [-0.2, 0) is 5.75 Å². The van der Waals surface area contributed by atoms with Crippen molar-refractivity contribution in [1.29, 1.82) is 0 Å². The summed E-state index contributed by atoms with van der Waals surface area (Å²) in [6.07, 6.45) is 5.48. The van der Waals surface area contributed by atoms with Gasteiger partial charge in [-0.3, -0.25) is 4.79 Å². The Hall–Kier alpha value is -1.75.